The Labute approximate surface area is 91.4 Å². The summed E-state index contributed by atoms with van der Waals surface area (Å²) in [5.41, 5.74) is 0.314. The lowest BCUT2D eigenvalue weighted by atomic mass is 10.1. The number of hydrogen-bond donors (Lipinski definition) is 1. The first-order valence-corrected chi connectivity index (χ1v) is 5.23. The number of halogens is 1. The number of alkyl halides is 1. The van der Waals surface area contributed by atoms with Gasteiger partial charge in [0.15, 0.2) is 0 Å². The molecule has 1 N–H and O–H groups in total. The minimum atomic E-state index is -0.875. The molecule has 0 saturated carbocycles. The van der Waals surface area contributed by atoms with E-state index in [4.69, 9.17) is 5.11 Å². The normalized spacial score (nSPS) is 9.21. The number of unbranched alkanes of at least 4 members (excludes halogenated alkanes) is 1. The molecule has 4 heteroatoms. The fourth-order valence-corrected chi connectivity index (χ4v) is 0.873. The van der Waals surface area contributed by atoms with Crippen LogP contribution in [0, 0.1) is 0 Å². The van der Waals surface area contributed by atoms with Gasteiger partial charge in [0.1, 0.15) is 0 Å². The van der Waals surface area contributed by atoms with Crippen LogP contribution in [0.25, 0.3) is 0 Å². The molecule has 0 bridgehead atoms. The van der Waals surface area contributed by atoms with Crippen molar-refractivity contribution in [2.24, 2.45) is 0 Å². The minimum Gasteiger partial charge on any atom is -0.478 e. The lowest BCUT2D eigenvalue weighted by Crippen LogP contribution is -2.12. The summed E-state index contributed by atoms with van der Waals surface area (Å²) in [5.74, 6) is -0.875. The largest absolute Gasteiger partial charge is 0.478 e. The van der Waals surface area contributed by atoms with Crippen LogP contribution >= 0.6 is 11.6 Å². The van der Waals surface area contributed by atoms with Gasteiger partial charge in [-0.25, -0.2) is 4.79 Å². The summed E-state index contributed by atoms with van der Waals surface area (Å²) in [6, 6.07) is 0. The molecule has 0 amide bonds. The van der Waals surface area contributed by atoms with E-state index in [9.17, 15) is 4.79 Å². The summed E-state index contributed by atoms with van der Waals surface area (Å²) in [6.45, 7) is 4.46. The van der Waals surface area contributed by atoms with Crippen molar-refractivity contribution in [3.05, 3.63) is 12.2 Å². The molecule has 0 radical (unpaired) electrons. The Morgan fingerprint density at radius 1 is 1.36 bits per heavy atom. The highest BCUT2D eigenvalue weighted by atomic mass is 35.5. The second-order valence-corrected chi connectivity index (χ2v) is 3.17. The Morgan fingerprint density at radius 2 is 1.86 bits per heavy atom. The molecule has 0 unspecified atom stereocenters. The maximum Gasteiger partial charge on any atom is 0.330 e. The number of hydrogen-bond acceptors (Lipinski definition) is 2. The average molecular weight is 222 g/mol. The topological polar surface area (TPSA) is 40.5 Å². The zero-order valence-corrected chi connectivity index (χ0v) is 9.97. The van der Waals surface area contributed by atoms with E-state index in [0.717, 1.165) is 19.4 Å². The summed E-state index contributed by atoms with van der Waals surface area (Å²) in [7, 11) is 4.01. The van der Waals surface area contributed by atoms with E-state index in [-0.39, 0.29) is 0 Å². The standard InChI is InChI=1S/C9H17NO2.CH3Cl/c1-8(9(11)12)6-4-5-7-10(2)3;1-2/h1,4-7H2,2-3H3,(H,11,12);1H3. The molecule has 0 aliphatic heterocycles. The molecular weight excluding hydrogens is 202 g/mol. The number of carboxylic acid groups (broad SMARTS) is 1. The molecule has 0 rings (SSSR count). The number of nitrogens with zero attached hydrogens (tertiary/aromatic N) is 1. The molecule has 0 fully saturated rings. The van der Waals surface area contributed by atoms with E-state index < -0.39 is 5.97 Å². The highest BCUT2D eigenvalue weighted by molar-refractivity contribution is 6.15. The summed E-state index contributed by atoms with van der Waals surface area (Å²) in [5, 5.41) is 8.48. The van der Waals surface area contributed by atoms with Gasteiger partial charge in [-0.1, -0.05) is 6.58 Å². The summed E-state index contributed by atoms with van der Waals surface area (Å²) >= 11 is 4.64. The van der Waals surface area contributed by atoms with Gasteiger partial charge in [-0.15, -0.1) is 11.6 Å². The molecule has 0 aromatic heterocycles. The van der Waals surface area contributed by atoms with Gasteiger partial charge in [-0.3, -0.25) is 0 Å². The molecule has 14 heavy (non-hydrogen) atoms. The first-order chi connectivity index (χ1) is 6.54. The van der Waals surface area contributed by atoms with E-state index >= 15 is 0 Å². The van der Waals surface area contributed by atoms with Crippen molar-refractivity contribution < 1.29 is 9.90 Å². The number of carboxylic acids is 1. The summed E-state index contributed by atoms with van der Waals surface area (Å²) in [6.07, 6.45) is 4.01. The second kappa shape index (κ2) is 10.5. The van der Waals surface area contributed by atoms with E-state index in [0.29, 0.717) is 12.0 Å². The van der Waals surface area contributed by atoms with Crippen LogP contribution in [-0.2, 0) is 4.79 Å². The van der Waals surface area contributed by atoms with Crippen molar-refractivity contribution in [2.45, 2.75) is 19.3 Å². The van der Waals surface area contributed by atoms with Gasteiger partial charge < -0.3 is 10.0 Å². The molecule has 0 heterocycles. The average Bonchev–Trinajstić information content (AvgIpc) is 2.15. The Balaban J connectivity index is 0. The van der Waals surface area contributed by atoms with Crippen LogP contribution < -0.4 is 0 Å². The van der Waals surface area contributed by atoms with E-state index in [2.05, 4.69) is 23.1 Å². The van der Waals surface area contributed by atoms with Gasteiger partial charge in [0.2, 0.25) is 0 Å². The predicted molar refractivity (Wildman–Crippen MR) is 61.0 cm³/mol. The smallest absolute Gasteiger partial charge is 0.330 e. The lowest BCUT2D eigenvalue weighted by Gasteiger charge is -2.08. The number of rotatable bonds is 6. The van der Waals surface area contributed by atoms with Gasteiger partial charge in [0.05, 0.1) is 0 Å². The van der Waals surface area contributed by atoms with Crippen molar-refractivity contribution >= 4 is 17.6 Å². The molecule has 0 aliphatic rings. The van der Waals surface area contributed by atoms with Gasteiger partial charge in [0, 0.05) is 12.0 Å². The fourth-order valence-electron chi connectivity index (χ4n) is 0.873. The SMILES string of the molecule is C=C(CCCCN(C)C)C(=O)O.CCl. The predicted octanol–water partition coefficient (Wildman–Crippen LogP) is 2.21. The minimum absolute atomic E-state index is 0.314. The Kier molecular flexibility index (Phi) is 12.0. The molecular formula is C10H20ClNO2. The third-order valence-corrected chi connectivity index (χ3v) is 1.64. The molecule has 84 valence electrons. The van der Waals surface area contributed by atoms with E-state index in [1.165, 1.54) is 6.38 Å². The Bertz CT molecular complexity index is 170. The van der Waals surface area contributed by atoms with E-state index in [1.54, 1.807) is 0 Å². The van der Waals surface area contributed by atoms with Crippen molar-refractivity contribution in [2.75, 3.05) is 27.0 Å². The van der Waals surface area contributed by atoms with Crippen molar-refractivity contribution in [1.82, 2.24) is 4.90 Å². The molecule has 0 aromatic rings. The monoisotopic (exact) mass is 221 g/mol. The van der Waals surface area contributed by atoms with E-state index in [1.807, 2.05) is 14.1 Å². The van der Waals surface area contributed by atoms with Gasteiger partial charge in [-0.05, 0) is 39.9 Å². The van der Waals surface area contributed by atoms with Crippen LogP contribution in [0.4, 0.5) is 0 Å². The van der Waals surface area contributed by atoms with Crippen LogP contribution in [0.15, 0.2) is 12.2 Å². The van der Waals surface area contributed by atoms with Crippen LogP contribution in [0.2, 0.25) is 0 Å². The van der Waals surface area contributed by atoms with Gasteiger partial charge in [-0.2, -0.15) is 0 Å². The van der Waals surface area contributed by atoms with Gasteiger partial charge in [0.25, 0.3) is 0 Å². The zero-order chi connectivity index (χ0) is 11.6. The quantitative estimate of drug-likeness (QED) is 0.425. The molecule has 0 atom stereocenters. The maximum absolute atomic E-state index is 10.3. The number of aliphatic carboxylic acids is 1. The lowest BCUT2D eigenvalue weighted by molar-refractivity contribution is -0.132. The first-order valence-electron chi connectivity index (χ1n) is 4.47. The molecule has 0 saturated heterocycles. The molecule has 3 nitrogen and oxygen atoms in total. The first kappa shape index (κ1) is 15.9. The Morgan fingerprint density at radius 3 is 2.21 bits per heavy atom. The van der Waals surface area contributed by atoms with Crippen LogP contribution in [0.3, 0.4) is 0 Å². The van der Waals surface area contributed by atoms with Crippen LogP contribution in [0.5, 0.6) is 0 Å². The van der Waals surface area contributed by atoms with Crippen LogP contribution in [-0.4, -0.2) is 43.0 Å². The van der Waals surface area contributed by atoms with Crippen molar-refractivity contribution in [3.63, 3.8) is 0 Å². The fraction of sp³-hybridized carbons (Fsp3) is 0.700. The van der Waals surface area contributed by atoms with Crippen molar-refractivity contribution in [1.29, 1.82) is 0 Å². The maximum atomic E-state index is 10.3. The van der Waals surface area contributed by atoms with Crippen LogP contribution in [0.1, 0.15) is 19.3 Å². The highest BCUT2D eigenvalue weighted by Gasteiger charge is 2.02. The second-order valence-electron chi connectivity index (χ2n) is 3.17. The molecule has 0 aliphatic carbocycles. The van der Waals surface area contributed by atoms with Gasteiger partial charge >= 0.3 is 5.97 Å². The third-order valence-electron chi connectivity index (χ3n) is 1.64. The molecule has 0 aromatic carbocycles. The summed E-state index contributed by atoms with van der Waals surface area (Å²) in [4.78, 5) is 12.4. The summed E-state index contributed by atoms with van der Waals surface area (Å²) < 4.78 is 0. The van der Waals surface area contributed by atoms with Crippen molar-refractivity contribution in [3.8, 4) is 0 Å². The third kappa shape index (κ3) is 11.5. The molecule has 0 spiro atoms. The Hall–Kier alpha value is -0.540. The zero-order valence-electron chi connectivity index (χ0n) is 9.22. The number of carbonyl (C=O) groups is 1. The highest BCUT2D eigenvalue weighted by Crippen LogP contribution is 2.04.